The quantitative estimate of drug-likeness (QED) is 0.600. The van der Waals surface area contributed by atoms with Crippen molar-refractivity contribution in [3.8, 4) is 11.1 Å². The molecule has 0 aliphatic rings. The Kier molecular flexibility index (Phi) is 3.67. The standard InChI is InChI=1S/C12H6Cl3NO/c13-9-2-8(3-10(14)4-9)11-1-7(6-17)5-16-12(11)15/h1-6H. The number of halogens is 3. The number of pyridine rings is 1. The van der Waals surface area contributed by atoms with Crippen molar-refractivity contribution in [2.75, 3.05) is 0 Å². The van der Waals surface area contributed by atoms with Gasteiger partial charge < -0.3 is 0 Å². The Morgan fingerprint density at radius 2 is 1.65 bits per heavy atom. The van der Waals surface area contributed by atoms with Gasteiger partial charge >= 0.3 is 0 Å². The summed E-state index contributed by atoms with van der Waals surface area (Å²) in [4.78, 5) is 14.6. The molecule has 1 aromatic heterocycles. The van der Waals surface area contributed by atoms with Crippen molar-refractivity contribution in [3.63, 3.8) is 0 Å². The third-order valence-corrected chi connectivity index (χ3v) is 2.91. The number of carbonyl (C=O) groups is 1. The van der Waals surface area contributed by atoms with E-state index < -0.39 is 0 Å². The molecule has 86 valence electrons. The molecule has 0 bridgehead atoms. The molecule has 0 saturated carbocycles. The molecule has 1 heterocycles. The number of carbonyl (C=O) groups excluding carboxylic acids is 1. The zero-order valence-electron chi connectivity index (χ0n) is 8.45. The molecule has 0 fully saturated rings. The van der Waals surface area contributed by atoms with E-state index in [-0.39, 0.29) is 0 Å². The van der Waals surface area contributed by atoms with Crippen molar-refractivity contribution in [1.82, 2.24) is 4.98 Å². The molecule has 0 aliphatic carbocycles. The molecule has 2 rings (SSSR count). The van der Waals surface area contributed by atoms with E-state index in [2.05, 4.69) is 4.98 Å². The lowest BCUT2D eigenvalue weighted by molar-refractivity contribution is 0.112. The highest BCUT2D eigenvalue weighted by Gasteiger charge is 2.08. The Labute approximate surface area is 113 Å². The molecule has 0 N–H and O–H groups in total. The Hall–Kier alpha value is -1.09. The minimum absolute atomic E-state index is 0.300. The molecule has 0 spiro atoms. The first-order valence-corrected chi connectivity index (χ1v) is 5.81. The van der Waals surface area contributed by atoms with Gasteiger partial charge in [-0.05, 0) is 29.8 Å². The van der Waals surface area contributed by atoms with Crippen LogP contribution in [0.25, 0.3) is 11.1 Å². The lowest BCUT2D eigenvalue weighted by Gasteiger charge is -2.06. The lowest BCUT2D eigenvalue weighted by atomic mass is 10.1. The van der Waals surface area contributed by atoms with Crippen LogP contribution in [0.4, 0.5) is 0 Å². The molecule has 0 amide bonds. The minimum Gasteiger partial charge on any atom is -0.298 e. The van der Waals surface area contributed by atoms with Gasteiger partial charge in [-0.1, -0.05) is 34.8 Å². The number of nitrogens with zero attached hydrogens (tertiary/aromatic N) is 1. The summed E-state index contributed by atoms with van der Waals surface area (Å²) in [5.41, 5.74) is 1.80. The van der Waals surface area contributed by atoms with Crippen LogP contribution in [0.15, 0.2) is 30.5 Å². The third kappa shape index (κ3) is 2.78. The number of hydrogen-bond acceptors (Lipinski definition) is 2. The Morgan fingerprint density at radius 1 is 1.00 bits per heavy atom. The fourth-order valence-corrected chi connectivity index (χ4v) is 2.18. The van der Waals surface area contributed by atoms with Crippen molar-refractivity contribution >= 4 is 41.1 Å². The maximum absolute atomic E-state index is 10.7. The average molecular weight is 287 g/mol. The maximum Gasteiger partial charge on any atom is 0.151 e. The summed E-state index contributed by atoms with van der Waals surface area (Å²) in [5.74, 6) is 0. The molecule has 0 unspecified atom stereocenters. The second-order valence-corrected chi connectivity index (χ2v) is 4.61. The van der Waals surface area contributed by atoms with E-state index in [1.807, 2.05) is 0 Å². The predicted octanol–water partition coefficient (Wildman–Crippen LogP) is 4.52. The molecule has 0 radical (unpaired) electrons. The van der Waals surface area contributed by atoms with Gasteiger partial charge in [-0.3, -0.25) is 4.79 Å². The van der Waals surface area contributed by atoms with Crippen LogP contribution in [0, 0.1) is 0 Å². The third-order valence-electron chi connectivity index (χ3n) is 2.17. The van der Waals surface area contributed by atoms with Gasteiger partial charge in [0.2, 0.25) is 0 Å². The average Bonchev–Trinajstić information content (AvgIpc) is 2.28. The fourth-order valence-electron chi connectivity index (χ4n) is 1.44. The summed E-state index contributed by atoms with van der Waals surface area (Å²) in [5, 5.41) is 1.30. The lowest BCUT2D eigenvalue weighted by Crippen LogP contribution is -1.88. The topological polar surface area (TPSA) is 30.0 Å². The molecule has 0 saturated heterocycles. The summed E-state index contributed by atoms with van der Waals surface area (Å²) >= 11 is 17.8. The Bertz CT molecular complexity index is 564. The number of aromatic nitrogens is 1. The molecule has 0 atom stereocenters. The van der Waals surface area contributed by atoms with Crippen LogP contribution in [0.5, 0.6) is 0 Å². The molecule has 17 heavy (non-hydrogen) atoms. The zero-order chi connectivity index (χ0) is 12.4. The van der Waals surface area contributed by atoms with Gasteiger partial charge in [-0.15, -0.1) is 0 Å². The van der Waals surface area contributed by atoms with Crippen LogP contribution in [0.3, 0.4) is 0 Å². The van der Waals surface area contributed by atoms with Gasteiger partial charge in [0, 0.05) is 27.4 Å². The largest absolute Gasteiger partial charge is 0.298 e. The smallest absolute Gasteiger partial charge is 0.151 e. The molecule has 2 nitrogen and oxygen atoms in total. The van der Waals surface area contributed by atoms with E-state index in [1.165, 1.54) is 6.20 Å². The first-order valence-electron chi connectivity index (χ1n) is 4.67. The van der Waals surface area contributed by atoms with Crippen molar-refractivity contribution in [2.24, 2.45) is 0 Å². The van der Waals surface area contributed by atoms with Crippen LogP contribution in [-0.2, 0) is 0 Å². The highest BCUT2D eigenvalue weighted by atomic mass is 35.5. The van der Waals surface area contributed by atoms with Gasteiger partial charge in [0.25, 0.3) is 0 Å². The molecular weight excluding hydrogens is 280 g/mol. The number of benzene rings is 1. The summed E-state index contributed by atoms with van der Waals surface area (Å²) < 4.78 is 0. The predicted molar refractivity (Wildman–Crippen MR) is 70.1 cm³/mol. The molecule has 5 heteroatoms. The van der Waals surface area contributed by atoms with Crippen molar-refractivity contribution < 1.29 is 4.79 Å². The first kappa shape index (κ1) is 12.4. The monoisotopic (exact) mass is 285 g/mol. The second kappa shape index (κ2) is 5.05. The van der Waals surface area contributed by atoms with Crippen molar-refractivity contribution in [1.29, 1.82) is 0 Å². The maximum atomic E-state index is 10.7. The summed E-state index contributed by atoms with van der Waals surface area (Å²) in [6, 6.07) is 6.69. The molecule has 1 aromatic carbocycles. The minimum atomic E-state index is 0.300. The number of aldehydes is 1. The van der Waals surface area contributed by atoms with Gasteiger partial charge in [-0.2, -0.15) is 0 Å². The summed E-state index contributed by atoms with van der Waals surface area (Å²) in [6.07, 6.45) is 2.12. The first-order chi connectivity index (χ1) is 8.10. The molecule has 2 aromatic rings. The number of rotatable bonds is 2. The Morgan fingerprint density at radius 3 is 2.24 bits per heavy atom. The van der Waals surface area contributed by atoms with Gasteiger partial charge in [0.05, 0.1) is 0 Å². The van der Waals surface area contributed by atoms with Crippen LogP contribution in [-0.4, -0.2) is 11.3 Å². The number of hydrogen-bond donors (Lipinski definition) is 0. The van der Waals surface area contributed by atoms with Gasteiger partial charge in [0.15, 0.2) is 6.29 Å². The van der Waals surface area contributed by atoms with Crippen LogP contribution < -0.4 is 0 Å². The van der Waals surface area contributed by atoms with Crippen LogP contribution >= 0.6 is 34.8 Å². The normalized spacial score (nSPS) is 10.3. The van der Waals surface area contributed by atoms with Crippen molar-refractivity contribution in [2.45, 2.75) is 0 Å². The van der Waals surface area contributed by atoms with Gasteiger partial charge in [-0.25, -0.2) is 4.98 Å². The molecular formula is C12H6Cl3NO. The summed E-state index contributed by atoms with van der Waals surface area (Å²) in [7, 11) is 0. The molecule has 0 aliphatic heterocycles. The Balaban J connectivity index is 2.62. The SMILES string of the molecule is O=Cc1cnc(Cl)c(-c2cc(Cl)cc(Cl)c2)c1. The van der Waals surface area contributed by atoms with Crippen LogP contribution in [0.2, 0.25) is 15.2 Å². The second-order valence-electron chi connectivity index (χ2n) is 3.38. The summed E-state index contributed by atoms with van der Waals surface area (Å²) in [6.45, 7) is 0. The van der Waals surface area contributed by atoms with E-state index in [4.69, 9.17) is 34.8 Å². The highest BCUT2D eigenvalue weighted by molar-refractivity contribution is 6.35. The van der Waals surface area contributed by atoms with Gasteiger partial charge in [0.1, 0.15) is 5.15 Å². The van der Waals surface area contributed by atoms with E-state index in [1.54, 1.807) is 24.3 Å². The fraction of sp³-hybridized carbons (Fsp3) is 0. The van der Waals surface area contributed by atoms with E-state index in [9.17, 15) is 4.79 Å². The zero-order valence-corrected chi connectivity index (χ0v) is 10.7. The van der Waals surface area contributed by atoms with E-state index in [0.29, 0.717) is 32.6 Å². The van der Waals surface area contributed by atoms with Crippen LogP contribution in [0.1, 0.15) is 10.4 Å². The van der Waals surface area contributed by atoms with E-state index in [0.717, 1.165) is 5.56 Å². The van der Waals surface area contributed by atoms with E-state index >= 15 is 0 Å². The van der Waals surface area contributed by atoms with Crippen molar-refractivity contribution in [3.05, 3.63) is 51.2 Å². The highest BCUT2D eigenvalue weighted by Crippen LogP contribution is 2.31.